The van der Waals surface area contributed by atoms with Crippen LogP contribution in [0.4, 0.5) is 0 Å². The average Bonchev–Trinajstić information content (AvgIpc) is 1.93. The van der Waals surface area contributed by atoms with E-state index in [0.717, 1.165) is 0 Å². The van der Waals surface area contributed by atoms with Gasteiger partial charge in [-0.1, -0.05) is 0 Å². The zero-order chi connectivity index (χ0) is 14.4. The summed E-state index contributed by atoms with van der Waals surface area (Å²) in [4.78, 5) is 44.3. The van der Waals surface area contributed by atoms with Crippen molar-refractivity contribution in [1.82, 2.24) is 0 Å². The molecule has 0 rings (SSSR count). The van der Waals surface area contributed by atoms with Crippen molar-refractivity contribution in [3.63, 3.8) is 0 Å². The van der Waals surface area contributed by atoms with Crippen molar-refractivity contribution in [2.75, 3.05) is 0 Å². The van der Waals surface area contributed by atoms with Crippen LogP contribution in [0.1, 0.15) is 6.42 Å². The number of hydrogen-bond acceptors (Lipinski definition) is 7. The molecule has 0 aliphatic heterocycles. The van der Waals surface area contributed by atoms with E-state index in [2.05, 4.69) is 0 Å². The molecule has 0 aromatic heterocycles. The molecule has 0 saturated heterocycles. The number of phosphoric acid groups is 1. The number of carbonyl (C=O) groups is 2. The fourth-order valence-corrected chi connectivity index (χ4v) is 1.09. The summed E-state index contributed by atoms with van der Waals surface area (Å²) in [6.07, 6.45) is -1.16. The summed E-state index contributed by atoms with van der Waals surface area (Å²) >= 11 is 0. The van der Waals surface area contributed by atoms with Gasteiger partial charge in [0.05, 0.1) is 14.2 Å². The molecule has 15 heteroatoms. The molecule has 0 bridgehead atoms. The normalized spacial score (nSPS) is 11.8. The molecule has 0 saturated carbocycles. The molecule has 0 aromatic rings. The van der Waals surface area contributed by atoms with Crippen molar-refractivity contribution in [3.05, 3.63) is 0 Å². The van der Waals surface area contributed by atoms with Gasteiger partial charge in [-0.05, 0) is 0 Å². The Morgan fingerprint density at radius 2 is 1.42 bits per heavy atom. The summed E-state index contributed by atoms with van der Waals surface area (Å²) < 4.78 is 37.3. The molecule has 4 N–H and O–H groups in total. The molecule has 0 heterocycles. The molecule has 102 valence electrons. The Bertz CT molecular complexity index is 418. The second-order valence-electron chi connectivity index (χ2n) is 2.41. The van der Waals surface area contributed by atoms with E-state index in [4.69, 9.17) is 34.0 Å². The van der Waals surface area contributed by atoms with Gasteiger partial charge in [0, 0.05) is 0 Å². The van der Waals surface area contributed by atoms with Crippen LogP contribution in [0.3, 0.4) is 0 Å². The summed E-state index contributed by atoms with van der Waals surface area (Å²) in [6, 6.07) is 0. The van der Waals surface area contributed by atoms with Gasteiger partial charge in [0.1, 0.15) is 0 Å². The third-order valence-corrected chi connectivity index (χ3v) is 2.08. The molecule has 0 amide bonds. The summed E-state index contributed by atoms with van der Waals surface area (Å²) in [6.45, 7) is 0. The summed E-state index contributed by atoms with van der Waals surface area (Å²) in [7, 11) is -9.98. The molecule has 0 fully saturated rings. The molecular weight excluding hydrogens is 333 g/mol. The smallest absolute Gasteiger partial charge is 0.790 e. The van der Waals surface area contributed by atoms with Gasteiger partial charge in [-0.3, -0.25) is 14.1 Å². The van der Waals surface area contributed by atoms with Crippen LogP contribution in [0.5, 0.6) is 0 Å². The first-order chi connectivity index (χ1) is 7.25. The second kappa shape index (κ2) is 11.6. The van der Waals surface area contributed by atoms with Gasteiger partial charge in [0.15, 0.2) is 5.25 Å². The molecule has 19 heavy (non-hydrogen) atoms. The van der Waals surface area contributed by atoms with Crippen molar-refractivity contribution in [3.8, 4) is 0 Å². The summed E-state index contributed by atoms with van der Waals surface area (Å²) in [5, 5.41) is 13.9. The molecule has 0 aliphatic carbocycles. The minimum atomic E-state index is -5.14. The van der Waals surface area contributed by atoms with E-state index in [0.29, 0.717) is 0 Å². The van der Waals surface area contributed by atoms with Gasteiger partial charge in [0.25, 0.3) is 10.1 Å². The van der Waals surface area contributed by atoms with Crippen molar-refractivity contribution >= 4 is 29.9 Å². The first-order valence-electron chi connectivity index (χ1n) is 3.41. The third-order valence-electron chi connectivity index (χ3n) is 0.995. The Balaban J connectivity index is -0.000000139. The van der Waals surface area contributed by atoms with E-state index >= 15 is 0 Å². The van der Waals surface area contributed by atoms with Crippen molar-refractivity contribution in [1.29, 1.82) is 0 Å². The van der Waals surface area contributed by atoms with E-state index in [1.807, 2.05) is 0 Å². The van der Waals surface area contributed by atoms with E-state index in [-0.39, 0.29) is 59.1 Å². The standard InChI is InChI=1S/C4H6O7S.2Na.H3O4P/c5-3(6)1-2(4(7)8)12(9,10)11;;;1-5(2,3)4/h2H,1H2,(H,5,6)(H,7,8)(H,9,10,11);;;(H3,1,2,3,4)/q;2*+1;/p-2. The van der Waals surface area contributed by atoms with Crippen molar-refractivity contribution in [2.24, 2.45) is 0 Å². The minimum absolute atomic E-state index is 0. The quantitative estimate of drug-likeness (QED) is 0.214. The second-order valence-corrected chi connectivity index (χ2v) is 4.94. The SMILES string of the molecule is O=C(O)CC(C(=O)O)S(=O)(=O)O.O=P([O-])([O-])O.[Na+].[Na+]. The number of carboxylic acids is 2. The van der Waals surface area contributed by atoms with E-state index < -0.39 is 41.6 Å². The first kappa shape index (κ1) is 28.2. The van der Waals surface area contributed by atoms with Crippen molar-refractivity contribution in [2.45, 2.75) is 11.7 Å². The maximum absolute atomic E-state index is 10.2. The molecule has 0 aromatic carbocycles. The molecule has 0 spiro atoms. The zero-order valence-electron chi connectivity index (χ0n) is 9.79. The monoisotopic (exact) mass is 340 g/mol. The molecule has 1 atom stereocenters. The predicted octanol–water partition coefficient (Wildman–Crippen LogP) is -9.38. The van der Waals surface area contributed by atoms with Crippen LogP contribution in [0.25, 0.3) is 0 Å². The van der Waals surface area contributed by atoms with Crippen LogP contribution in [-0.2, 0) is 24.3 Å². The van der Waals surface area contributed by atoms with Crippen LogP contribution < -0.4 is 68.9 Å². The summed E-state index contributed by atoms with van der Waals surface area (Å²) in [5.74, 6) is -3.50. The number of hydrogen-bond donors (Lipinski definition) is 4. The van der Waals surface area contributed by atoms with Gasteiger partial charge >= 0.3 is 71.1 Å². The molecular formula is C4H7Na2O11PS. The Morgan fingerprint density at radius 3 is 1.47 bits per heavy atom. The Kier molecular flexibility index (Phi) is 17.2. The van der Waals surface area contributed by atoms with Crippen molar-refractivity contribution < 1.29 is 111 Å². The van der Waals surface area contributed by atoms with Crippen LogP contribution in [0.2, 0.25) is 0 Å². The minimum Gasteiger partial charge on any atom is -0.790 e. The number of rotatable bonds is 4. The van der Waals surface area contributed by atoms with E-state index in [1.165, 1.54) is 0 Å². The Labute approximate surface area is 151 Å². The Hall–Kier alpha value is 0.960. The zero-order valence-corrected chi connectivity index (χ0v) is 15.5. The maximum atomic E-state index is 10.2. The first-order valence-corrected chi connectivity index (χ1v) is 6.40. The van der Waals surface area contributed by atoms with Gasteiger partial charge in [-0.2, -0.15) is 8.42 Å². The van der Waals surface area contributed by atoms with Crippen LogP contribution >= 0.6 is 7.82 Å². The maximum Gasteiger partial charge on any atom is 1.00 e. The van der Waals surface area contributed by atoms with Crippen LogP contribution in [0.15, 0.2) is 0 Å². The number of aliphatic carboxylic acids is 2. The van der Waals surface area contributed by atoms with E-state index in [1.54, 1.807) is 0 Å². The third kappa shape index (κ3) is 24.4. The van der Waals surface area contributed by atoms with Crippen LogP contribution in [-0.4, -0.2) is 45.3 Å². The molecule has 1 unspecified atom stereocenters. The molecule has 11 nitrogen and oxygen atoms in total. The Morgan fingerprint density at radius 1 is 1.16 bits per heavy atom. The summed E-state index contributed by atoms with van der Waals surface area (Å²) in [5.41, 5.74) is 0. The number of carboxylic acid groups (broad SMARTS) is 2. The largest absolute Gasteiger partial charge is 1.00 e. The average molecular weight is 340 g/mol. The fourth-order valence-electron chi connectivity index (χ4n) is 0.479. The van der Waals surface area contributed by atoms with E-state index in [9.17, 15) is 18.0 Å². The molecule has 0 aliphatic rings. The van der Waals surface area contributed by atoms with Gasteiger partial charge < -0.3 is 29.5 Å². The van der Waals surface area contributed by atoms with Gasteiger partial charge in [-0.25, -0.2) is 0 Å². The topological polar surface area (TPSA) is 212 Å². The van der Waals surface area contributed by atoms with Gasteiger partial charge in [0.2, 0.25) is 0 Å². The predicted molar refractivity (Wildman–Crippen MR) is 45.1 cm³/mol. The fraction of sp³-hybridized carbons (Fsp3) is 0.500. The van der Waals surface area contributed by atoms with Crippen LogP contribution in [0, 0.1) is 0 Å². The molecule has 0 radical (unpaired) electrons. The van der Waals surface area contributed by atoms with Gasteiger partial charge in [-0.15, -0.1) is 0 Å².